The molecule has 2 rings (SSSR count). The number of aryl methyl sites for hydroxylation is 2. The summed E-state index contributed by atoms with van der Waals surface area (Å²) in [6.45, 7) is 4.12. The quantitative estimate of drug-likeness (QED) is 0.272. The number of imidazole rings is 1. The first kappa shape index (κ1) is 24.8. The number of aromatic nitrogens is 2. The first-order chi connectivity index (χ1) is 14.6. The van der Waals surface area contributed by atoms with Gasteiger partial charge in [0, 0.05) is 16.2 Å². The van der Waals surface area contributed by atoms with Crippen molar-refractivity contribution in [1.29, 1.82) is 5.26 Å². The van der Waals surface area contributed by atoms with Crippen LogP contribution in [0.1, 0.15) is 101 Å². The lowest BCUT2D eigenvalue weighted by atomic mass is 9.88. The molecule has 5 heteroatoms. The molecule has 2 aromatic rings. The van der Waals surface area contributed by atoms with E-state index in [1.54, 1.807) is 4.57 Å². The highest BCUT2D eigenvalue weighted by Crippen LogP contribution is 2.37. The van der Waals surface area contributed by atoms with Crippen molar-refractivity contribution in [3.8, 4) is 6.19 Å². The second kappa shape index (κ2) is 13.7. The van der Waals surface area contributed by atoms with Crippen LogP contribution in [-0.2, 0) is 6.42 Å². The van der Waals surface area contributed by atoms with Crippen LogP contribution in [-0.4, -0.2) is 9.55 Å². The van der Waals surface area contributed by atoms with Crippen LogP contribution in [0.25, 0.3) is 0 Å². The van der Waals surface area contributed by atoms with Gasteiger partial charge in [0.1, 0.15) is 5.82 Å². The highest BCUT2D eigenvalue weighted by molar-refractivity contribution is 6.36. The summed E-state index contributed by atoms with van der Waals surface area (Å²) < 4.78 is 1.61. The van der Waals surface area contributed by atoms with Gasteiger partial charge < -0.3 is 0 Å². The van der Waals surface area contributed by atoms with Gasteiger partial charge in [-0.2, -0.15) is 5.26 Å². The Balaban J connectivity index is 1.91. The number of nitriles is 1. The van der Waals surface area contributed by atoms with Crippen LogP contribution >= 0.6 is 23.2 Å². The van der Waals surface area contributed by atoms with E-state index in [0.29, 0.717) is 0 Å². The van der Waals surface area contributed by atoms with Crippen LogP contribution < -0.4 is 0 Å². The molecule has 0 aliphatic heterocycles. The fourth-order valence-electron chi connectivity index (χ4n) is 4.16. The molecule has 1 unspecified atom stereocenters. The molecule has 0 N–H and O–H groups in total. The van der Waals surface area contributed by atoms with E-state index in [1.807, 2.05) is 31.3 Å². The van der Waals surface area contributed by atoms with E-state index in [2.05, 4.69) is 18.1 Å². The minimum atomic E-state index is 0.290. The molecule has 0 aliphatic rings. The Labute approximate surface area is 192 Å². The van der Waals surface area contributed by atoms with Crippen molar-refractivity contribution in [2.75, 3.05) is 0 Å². The van der Waals surface area contributed by atoms with Crippen molar-refractivity contribution >= 4 is 23.2 Å². The molecule has 30 heavy (non-hydrogen) atoms. The number of rotatable bonds is 14. The third-order valence-electron chi connectivity index (χ3n) is 5.92. The molecule has 1 heterocycles. The summed E-state index contributed by atoms with van der Waals surface area (Å²) >= 11 is 13.1. The normalized spacial score (nSPS) is 12.1. The van der Waals surface area contributed by atoms with Crippen molar-refractivity contribution in [3.05, 3.63) is 51.5 Å². The zero-order valence-electron chi connectivity index (χ0n) is 18.5. The van der Waals surface area contributed by atoms with E-state index in [1.165, 1.54) is 57.8 Å². The molecule has 0 fully saturated rings. The van der Waals surface area contributed by atoms with E-state index in [9.17, 15) is 5.26 Å². The topological polar surface area (TPSA) is 41.6 Å². The van der Waals surface area contributed by atoms with Crippen LogP contribution in [0.3, 0.4) is 0 Å². The monoisotopic (exact) mass is 447 g/mol. The summed E-state index contributed by atoms with van der Waals surface area (Å²) in [6, 6.07) is 5.75. The Kier molecular flexibility index (Phi) is 11.3. The van der Waals surface area contributed by atoms with E-state index < -0.39 is 0 Å². The van der Waals surface area contributed by atoms with Gasteiger partial charge in [-0.15, -0.1) is 0 Å². The average Bonchev–Trinajstić information content (AvgIpc) is 3.09. The molecule has 3 nitrogen and oxygen atoms in total. The van der Waals surface area contributed by atoms with Gasteiger partial charge in [0.15, 0.2) is 6.19 Å². The molecule has 0 saturated carbocycles. The second-order valence-corrected chi connectivity index (χ2v) is 9.03. The molecule has 0 spiro atoms. The van der Waals surface area contributed by atoms with Crippen LogP contribution in [0, 0.1) is 18.4 Å². The maximum Gasteiger partial charge on any atom is 0.190 e. The van der Waals surface area contributed by atoms with E-state index in [-0.39, 0.29) is 5.92 Å². The molecule has 0 bridgehead atoms. The molecule has 0 saturated heterocycles. The number of unbranched alkanes of at least 4 members (excludes halogenated alkanes) is 8. The number of halogens is 2. The maximum absolute atomic E-state index is 9.38. The lowest BCUT2D eigenvalue weighted by Crippen LogP contribution is -2.06. The molecule has 1 aromatic carbocycles. The first-order valence-corrected chi connectivity index (χ1v) is 12.2. The SMILES string of the molecule is CCCCCCCCCCCC(CCc1cnc(C)n1C#N)c1c(Cl)cccc1Cl. The number of nitrogens with zero attached hydrogens (tertiary/aromatic N) is 3. The fraction of sp³-hybridized carbons (Fsp3) is 0.600. The van der Waals surface area contributed by atoms with Crippen LogP contribution in [0.15, 0.2) is 24.4 Å². The van der Waals surface area contributed by atoms with Crippen LogP contribution in [0.2, 0.25) is 10.0 Å². The minimum absolute atomic E-state index is 0.290. The van der Waals surface area contributed by atoms with Gasteiger partial charge in [-0.25, -0.2) is 9.55 Å². The standard InChI is InChI=1S/C25H35Cl2N3/c1-3-4-5-6-7-8-9-10-11-13-21(25-23(26)14-12-15-24(25)27)16-17-22-18-29-20(2)30(22)19-28/h12,14-15,18,21H,3-11,13,16-17H2,1-2H3. The highest BCUT2D eigenvalue weighted by Gasteiger charge is 2.19. The minimum Gasteiger partial charge on any atom is -0.241 e. The second-order valence-electron chi connectivity index (χ2n) is 8.22. The number of hydrogen-bond donors (Lipinski definition) is 0. The summed E-state index contributed by atoms with van der Waals surface area (Å²) in [5.41, 5.74) is 2.01. The number of hydrogen-bond acceptors (Lipinski definition) is 2. The molecular weight excluding hydrogens is 413 g/mol. The largest absolute Gasteiger partial charge is 0.241 e. The lowest BCUT2D eigenvalue weighted by Gasteiger charge is -2.20. The van der Waals surface area contributed by atoms with Crippen molar-refractivity contribution < 1.29 is 0 Å². The highest BCUT2D eigenvalue weighted by atomic mass is 35.5. The van der Waals surface area contributed by atoms with Crippen molar-refractivity contribution in [1.82, 2.24) is 9.55 Å². The summed E-state index contributed by atoms with van der Waals surface area (Å²) in [6.07, 6.45) is 18.6. The van der Waals surface area contributed by atoms with Gasteiger partial charge in [-0.3, -0.25) is 0 Å². The van der Waals surface area contributed by atoms with Crippen molar-refractivity contribution in [3.63, 3.8) is 0 Å². The van der Waals surface area contributed by atoms with Crippen LogP contribution in [0.5, 0.6) is 0 Å². The molecular formula is C25H35Cl2N3. The predicted octanol–water partition coefficient (Wildman–Crippen LogP) is 8.46. The molecule has 164 valence electrons. The van der Waals surface area contributed by atoms with E-state index in [0.717, 1.165) is 46.4 Å². The molecule has 1 aromatic heterocycles. The lowest BCUT2D eigenvalue weighted by molar-refractivity contribution is 0.507. The Morgan fingerprint density at radius 1 is 0.967 bits per heavy atom. The average molecular weight is 448 g/mol. The summed E-state index contributed by atoms with van der Waals surface area (Å²) in [5, 5.41) is 10.9. The summed E-state index contributed by atoms with van der Waals surface area (Å²) in [5.74, 6) is 1.02. The van der Waals surface area contributed by atoms with Crippen LogP contribution in [0.4, 0.5) is 0 Å². The molecule has 0 amide bonds. The Morgan fingerprint density at radius 2 is 1.57 bits per heavy atom. The smallest absolute Gasteiger partial charge is 0.190 e. The zero-order chi connectivity index (χ0) is 21.8. The first-order valence-electron chi connectivity index (χ1n) is 11.5. The third-order valence-corrected chi connectivity index (χ3v) is 6.58. The predicted molar refractivity (Wildman–Crippen MR) is 127 cm³/mol. The van der Waals surface area contributed by atoms with Gasteiger partial charge in [0.2, 0.25) is 0 Å². The number of benzene rings is 1. The Hall–Kier alpha value is -1.50. The van der Waals surface area contributed by atoms with Crippen molar-refractivity contribution in [2.24, 2.45) is 0 Å². The van der Waals surface area contributed by atoms with E-state index >= 15 is 0 Å². The zero-order valence-corrected chi connectivity index (χ0v) is 20.0. The molecule has 1 atom stereocenters. The fourth-order valence-corrected chi connectivity index (χ4v) is 4.87. The van der Waals surface area contributed by atoms with Gasteiger partial charge in [-0.1, -0.05) is 94.0 Å². The Bertz CT molecular complexity index is 787. The maximum atomic E-state index is 9.38. The molecule has 0 radical (unpaired) electrons. The Morgan fingerprint density at radius 3 is 2.17 bits per heavy atom. The van der Waals surface area contributed by atoms with E-state index in [4.69, 9.17) is 23.2 Å². The summed E-state index contributed by atoms with van der Waals surface area (Å²) in [4.78, 5) is 4.28. The van der Waals surface area contributed by atoms with Crippen molar-refractivity contribution in [2.45, 2.75) is 96.8 Å². The molecule has 0 aliphatic carbocycles. The van der Waals surface area contributed by atoms with Gasteiger partial charge in [0.05, 0.1) is 5.69 Å². The van der Waals surface area contributed by atoms with Gasteiger partial charge >= 0.3 is 0 Å². The van der Waals surface area contributed by atoms with Gasteiger partial charge in [-0.05, 0) is 49.8 Å². The third kappa shape index (κ3) is 7.64. The van der Waals surface area contributed by atoms with Gasteiger partial charge in [0.25, 0.3) is 0 Å². The summed E-state index contributed by atoms with van der Waals surface area (Å²) in [7, 11) is 0.